The highest BCUT2D eigenvalue weighted by atomic mass is 28.4. The maximum atomic E-state index is 13.4. The Labute approximate surface area is 269 Å². The predicted molar refractivity (Wildman–Crippen MR) is 175 cm³/mol. The minimum Gasteiger partial charge on any atom is -0.543 e. The number of anilines is 1. The number of halogens is 3. The van der Waals surface area contributed by atoms with Gasteiger partial charge in [0.05, 0.1) is 30.0 Å². The molecule has 0 aliphatic rings. The van der Waals surface area contributed by atoms with Crippen LogP contribution in [0.25, 0.3) is 11.3 Å². The molecule has 0 bridgehead atoms. The zero-order valence-corrected chi connectivity index (χ0v) is 28.6. The van der Waals surface area contributed by atoms with E-state index in [1.807, 2.05) is 54.6 Å². The Hall–Kier alpha value is -4.12. The maximum Gasteiger partial charge on any atom is 0.449 e. The third-order valence-corrected chi connectivity index (χ3v) is 12.1. The Morgan fingerprint density at radius 2 is 1.65 bits per heavy atom. The van der Waals surface area contributed by atoms with Gasteiger partial charge < -0.3 is 18.9 Å². The van der Waals surface area contributed by atoms with Gasteiger partial charge in [0.15, 0.2) is 0 Å². The molecule has 46 heavy (non-hydrogen) atoms. The number of nitrogens with one attached hydrogen (secondary N) is 1. The van der Waals surface area contributed by atoms with E-state index in [4.69, 9.17) is 18.6 Å². The minimum atomic E-state index is -4.68. The molecular formula is C35H42F3N3O4Si. The van der Waals surface area contributed by atoms with Gasteiger partial charge in [-0.25, -0.2) is 9.97 Å². The Bertz CT molecular complexity index is 1640. The molecule has 2 aromatic carbocycles. The molecule has 2 heterocycles. The second-order valence-electron chi connectivity index (χ2n) is 13.8. The van der Waals surface area contributed by atoms with Crippen LogP contribution in [0.3, 0.4) is 0 Å². The number of carbonyl (C=O) groups excluding carboxylic acids is 1. The summed E-state index contributed by atoms with van der Waals surface area (Å²) in [6.07, 6.45) is -3.02. The van der Waals surface area contributed by atoms with E-state index in [1.165, 1.54) is 6.07 Å². The van der Waals surface area contributed by atoms with Crippen molar-refractivity contribution < 1.29 is 31.5 Å². The normalized spacial score (nSPS) is 13.3. The first-order valence-corrected chi connectivity index (χ1v) is 18.1. The summed E-state index contributed by atoms with van der Waals surface area (Å²) in [5, 5.41) is 3.17. The van der Waals surface area contributed by atoms with Crippen molar-refractivity contribution in [3.8, 4) is 17.0 Å². The lowest BCUT2D eigenvalue weighted by Gasteiger charge is -2.36. The molecule has 0 saturated carbocycles. The fraction of sp³-hybridized carbons (Fsp3) is 0.400. The van der Waals surface area contributed by atoms with Gasteiger partial charge in [0, 0.05) is 12.0 Å². The number of furan rings is 1. The number of hydrogen-bond donors (Lipinski definition) is 1. The monoisotopic (exact) mass is 653 g/mol. The Morgan fingerprint density at radius 3 is 2.26 bits per heavy atom. The molecule has 4 rings (SSSR count). The van der Waals surface area contributed by atoms with E-state index in [2.05, 4.69) is 44.2 Å². The van der Waals surface area contributed by atoms with Gasteiger partial charge >= 0.3 is 12.1 Å². The van der Waals surface area contributed by atoms with E-state index in [9.17, 15) is 18.0 Å². The standard InChI is InChI=1S/C35H42F3N3O4Si/c1-33(2,3)44-31(42)21-26(29-17-18-30(43-29)35(36,37)38)41-32-27(19-23-13-10-9-11-14-23)40-28(22-39-32)24-15-12-16-25(20-24)45-46(7,8)34(4,5)6/h9-18,20,22,26H,19,21H2,1-8H3,(H,39,41). The zero-order chi connectivity index (χ0) is 33.9. The van der Waals surface area contributed by atoms with Crippen LogP contribution in [0.5, 0.6) is 5.75 Å². The molecule has 246 valence electrons. The van der Waals surface area contributed by atoms with E-state index in [-0.39, 0.29) is 17.2 Å². The fourth-order valence-corrected chi connectivity index (χ4v) is 5.42. The Balaban J connectivity index is 1.73. The molecule has 2 aromatic heterocycles. The van der Waals surface area contributed by atoms with Crippen LogP contribution >= 0.6 is 0 Å². The van der Waals surface area contributed by atoms with Crippen LogP contribution < -0.4 is 9.74 Å². The second kappa shape index (κ2) is 13.3. The summed E-state index contributed by atoms with van der Waals surface area (Å²) in [7, 11) is -2.09. The molecule has 1 atom stereocenters. The van der Waals surface area contributed by atoms with Crippen LogP contribution in [0.15, 0.2) is 77.3 Å². The summed E-state index contributed by atoms with van der Waals surface area (Å²) >= 11 is 0. The molecule has 0 amide bonds. The van der Waals surface area contributed by atoms with Crippen molar-refractivity contribution in [2.75, 3.05) is 5.32 Å². The van der Waals surface area contributed by atoms with Gasteiger partial charge in [-0.3, -0.25) is 4.79 Å². The second-order valence-corrected chi connectivity index (χ2v) is 18.5. The number of esters is 1. The Morgan fingerprint density at radius 1 is 0.957 bits per heavy atom. The average molecular weight is 654 g/mol. The van der Waals surface area contributed by atoms with Crippen LogP contribution in [0.4, 0.5) is 19.0 Å². The number of alkyl halides is 3. The van der Waals surface area contributed by atoms with E-state index >= 15 is 0 Å². The van der Waals surface area contributed by atoms with Crippen molar-refractivity contribution in [1.82, 2.24) is 9.97 Å². The van der Waals surface area contributed by atoms with Gasteiger partial charge in [0.1, 0.15) is 22.9 Å². The van der Waals surface area contributed by atoms with E-state index in [0.29, 0.717) is 23.6 Å². The molecule has 0 saturated heterocycles. The molecule has 0 fully saturated rings. The van der Waals surface area contributed by atoms with Gasteiger partial charge in [-0.1, -0.05) is 63.2 Å². The van der Waals surface area contributed by atoms with Crippen molar-refractivity contribution in [2.45, 2.75) is 90.3 Å². The highest BCUT2D eigenvalue weighted by molar-refractivity contribution is 6.74. The zero-order valence-electron chi connectivity index (χ0n) is 27.6. The molecular weight excluding hydrogens is 611 g/mol. The smallest absolute Gasteiger partial charge is 0.449 e. The summed E-state index contributed by atoms with van der Waals surface area (Å²) in [6.45, 7) is 16.1. The number of hydrogen-bond acceptors (Lipinski definition) is 7. The largest absolute Gasteiger partial charge is 0.543 e. The highest BCUT2D eigenvalue weighted by Gasteiger charge is 2.39. The van der Waals surface area contributed by atoms with Gasteiger partial charge in [0.25, 0.3) is 0 Å². The van der Waals surface area contributed by atoms with Gasteiger partial charge in [-0.2, -0.15) is 13.2 Å². The van der Waals surface area contributed by atoms with Crippen LogP contribution in [0, 0.1) is 0 Å². The fourth-order valence-electron chi connectivity index (χ4n) is 4.40. The summed E-state index contributed by atoms with van der Waals surface area (Å²) in [5.41, 5.74) is 2.10. The van der Waals surface area contributed by atoms with Crippen LogP contribution in [0.2, 0.25) is 18.1 Å². The van der Waals surface area contributed by atoms with Gasteiger partial charge in [-0.05, 0) is 68.7 Å². The summed E-state index contributed by atoms with van der Waals surface area (Å²) < 4.78 is 57.5. The lowest BCUT2D eigenvalue weighted by atomic mass is 10.1. The quantitative estimate of drug-likeness (QED) is 0.135. The lowest BCUT2D eigenvalue weighted by molar-refractivity contribution is -0.155. The first-order valence-electron chi connectivity index (χ1n) is 15.2. The first kappa shape index (κ1) is 34.7. The van der Waals surface area contributed by atoms with Crippen LogP contribution in [-0.4, -0.2) is 29.9 Å². The average Bonchev–Trinajstić information content (AvgIpc) is 3.44. The molecule has 0 aliphatic carbocycles. The number of aromatic nitrogens is 2. The van der Waals surface area contributed by atoms with Crippen LogP contribution in [-0.2, 0) is 22.1 Å². The molecule has 0 aliphatic heterocycles. The van der Waals surface area contributed by atoms with E-state index < -0.39 is 37.9 Å². The van der Waals surface area contributed by atoms with Crippen molar-refractivity contribution in [2.24, 2.45) is 0 Å². The number of nitrogens with zero attached hydrogens (tertiary/aromatic N) is 2. The molecule has 0 spiro atoms. The SMILES string of the molecule is CC(C)(C)OC(=O)CC(Nc1ncc(-c2cccc(O[Si](C)(C)C(C)(C)C)c2)nc1Cc1ccccc1)c1ccc(C(F)(F)F)o1. The number of carbonyl (C=O) groups is 1. The number of ether oxygens (including phenoxy) is 1. The Kier molecular flexibility index (Phi) is 10.1. The molecule has 7 nitrogen and oxygen atoms in total. The van der Waals surface area contributed by atoms with Gasteiger partial charge in [0.2, 0.25) is 14.1 Å². The molecule has 1 N–H and O–H groups in total. The third-order valence-electron chi connectivity index (χ3n) is 7.72. The molecule has 4 aromatic rings. The van der Waals surface area contributed by atoms with Crippen molar-refractivity contribution in [1.29, 1.82) is 0 Å². The summed E-state index contributed by atoms with van der Waals surface area (Å²) in [4.78, 5) is 22.5. The minimum absolute atomic E-state index is 0.0175. The molecule has 11 heteroatoms. The van der Waals surface area contributed by atoms with Crippen LogP contribution in [0.1, 0.15) is 76.8 Å². The van der Waals surface area contributed by atoms with Gasteiger partial charge in [-0.15, -0.1) is 0 Å². The lowest BCUT2D eigenvalue weighted by Crippen LogP contribution is -2.43. The number of rotatable bonds is 10. The number of benzene rings is 2. The first-order chi connectivity index (χ1) is 21.3. The van der Waals surface area contributed by atoms with Crippen molar-refractivity contribution in [3.63, 3.8) is 0 Å². The van der Waals surface area contributed by atoms with Crippen molar-refractivity contribution >= 4 is 20.1 Å². The summed E-state index contributed by atoms with van der Waals surface area (Å²) in [6, 6.07) is 18.4. The third kappa shape index (κ3) is 9.21. The topological polar surface area (TPSA) is 86.5 Å². The maximum absolute atomic E-state index is 13.4. The highest BCUT2D eigenvalue weighted by Crippen LogP contribution is 2.38. The summed E-state index contributed by atoms with van der Waals surface area (Å²) in [5.74, 6) is -0.801. The van der Waals surface area contributed by atoms with E-state index in [0.717, 1.165) is 22.9 Å². The van der Waals surface area contributed by atoms with E-state index in [1.54, 1.807) is 27.0 Å². The predicted octanol–water partition coefficient (Wildman–Crippen LogP) is 9.62. The molecule has 0 radical (unpaired) electrons. The van der Waals surface area contributed by atoms with Crippen molar-refractivity contribution in [3.05, 3.63) is 95.7 Å². The molecule has 1 unspecified atom stereocenters.